The van der Waals surface area contributed by atoms with Gasteiger partial charge in [-0.15, -0.1) is 0 Å². The second-order valence-electron chi connectivity index (χ2n) is 1.80. The topological polar surface area (TPSA) is 37.3 Å². The molecule has 0 aliphatic rings. The zero-order chi connectivity index (χ0) is 7.56. The van der Waals surface area contributed by atoms with Crippen LogP contribution in [-0.4, -0.2) is 38.7 Å². The van der Waals surface area contributed by atoms with Crippen LogP contribution in [0.1, 0.15) is 10.4 Å². The molecule has 0 amide bonds. The average molecular weight is 366 g/mol. The van der Waals surface area contributed by atoms with Crippen LogP contribution in [-0.2, 0) is 0 Å². The van der Waals surface area contributed by atoms with Gasteiger partial charge in [0.15, 0.2) is 6.29 Å². The van der Waals surface area contributed by atoms with Crippen LogP contribution in [0.5, 0.6) is 5.75 Å². The van der Waals surface area contributed by atoms with Crippen LogP contribution in [0, 0.1) is 0 Å². The van der Waals surface area contributed by atoms with Gasteiger partial charge in [-0.2, -0.15) is 0 Å². The molecule has 0 aliphatic carbocycles. The van der Waals surface area contributed by atoms with Crippen molar-refractivity contribution in [1.29, 1.82) is 0 Å². The Morgan fingerprint density at radius 3 is 2.55 bits per heavy atom. The van der Waals surface area contributed by atoms with E-state index in [2.05, 4.69) is 0 Å². The van der Waals surface area contributed by atoms with Crippen molar-refractivity contribution >= 4 is 45.2 Å². The Kier molecular flexibility index (Phi) is 4.67. The summed E-state index contributed by atoms with van der Waals surface area (Å²) in [5.41, 5.74) is 0.215. The minimum absolute atomic E-state index is 0. The summed E-state index contributed by atoms with van der Waals surface area (Å²) in [6, 6.07) is 4.61. The molecule has 2 nitrogen and oxygen atoms in total. The molecule has 0 saturated heterocycles. The monoisotopic (exact) mass is 366 g/mol. The molecule has 11 heavy (non-hydrogen) atoms. The molecule has 0 unspecified atom stereocenters. The molecule has 0 spiro atoms. The Hall–Kier alpha value is -0.0979. The van der Waals surface area contributed by atoms with Crippen molar-refractivity contribution in [2.24, 2.45) is 0 Å². The van der Waals surface area contributed by atoms with Gasteiger partial charge in [0.05, 0.1) is 10.6 Å². The first-order valence-electron chi connectivity index (χ1n) is 2.68. The second kappa shape index (κ2) is 4.71. The maximum absolute atomic E-state index is 10.2. The Morgan fingerprint density at radius 2 is 2.09 bits per heavy atom. The summed E-state index contributed by atoms with van der Waals surface area (Å²) < 4.78 is 0. The van der Waals surface area contributed by atoms with Crippen molar-refractivity contribution in [2.45, 2.75) is 0 Å². The molecule has 4 heteroatoms. The molecule has 0 saturated carbocycles. The third-order valence-electron chi connectivity index (χ3n) is 1.14. The SMILES string of the molecule is O=Cc1cccc(Cl)c1O.[PbH2]. The van der Waals surface area contributed by atoms with Gasteiger partial charge in [0, 0.05) is 0 Å². The number of para-hydroxylation sites is 1. The van der Waals surface area contributed by atoms with E-state index in [9.17, 15) is 4.79 Å². The number of carbonyl (C=O) groups is 1. The zero-order valence-corrected chi connectivity index (χ0v) is 12.0. The molecule has 0 aliphatic heterocycles. The first-order chi connectivity index (χ1) is 4.75. The van der Waals surface area contributed by atoms with E-state index in [0.29, 0.717) is 6.29 Å². The maximum atomic E-state index is 10.2. The van der Waals surface area contributed by atoms with Crippen LogP contribution in [0.2, 0.25) is 5.02 Å². The minimum atomic E-state index is -0.154. The molecule has 0 aromatic heterocycles. The van der Waals surface area contributed by atoms with Gasteiger partial charge in [-0.05, 0) is 12.1 Å². The van der Waals surface area contributed by atoms with Crippen LogP contribution in [0.3, 0.4) is 0 Å². The Bertz CT molecular complexity index is 263. The molecule has 0 atom stereocenters. The van der Waals surface area contributed by atoms with Crippen LogP contribution in [0.15, 0.2) is 18.2 Å². The quantitative estimate of drug-likeness (QED) is 0.594. The number of aromatic hydroxyl groups is 1. The van der Waals surface area contributed by atoms with Gasteiger partial charge in [0.2, 0.25) is 0 Å². The van der Waals surface area contributed by atoms with Gasteiger partial charge in [-0.1, -0.05) is 17.7 Å². The van der Waals surface area contributed by atoms with Crippen molar-refractivity contribution in [3.05, 3.63) is 28.8 Å². The van der Waals surface area contributed by atoms with Gasteiger partial charge >= 0.3 is 27.3 Å². The number of hydrogen-bond acceptors (Lipinski definition) is 2. The van der Waals surface area contributed by atoms with E-state index in [4.69, 9.17) is 16.7 Å². The van der Waals surface area contributed by atoms with E-state index in [1.807, 2.05) is 0 Å². The third kappa shape index (κ3) is 2.45. The molecule has 1 aromatic rings. The van der Waals surface area contributed by atoms with E-state index in [-0.39, 0.29) is 43.6 Å². The van der Waals surface area contributed by atoms with Crippen molar-refractivity contribution in [2.75, 3.05) is 0 Å². The van der Waals surface area contributed by atoms with E-state index in [0.717, 1.165) is 0 Å². The van der Waals surface area contributed by atoms with Crippen molar-refractivity contribution in [3.63, 3.8) is 0 Å². The van der Waals surface area contributed by atoms with Gasteiger partial charge in [-0.25, -0.2) is 0 Å². The molecule has 2 radical (unpaired) electrons. The number of rotatable bonds is 1. The van der Waals surface area contributed by atoms with Crippen LogP contribution < -0.4 is 0 Å². The number of halogens is 1. The number of aldehydes is 1. The molecular formula is C7H7ClO2Pb. The summed E-state index contributed by atoms with van der Waals surface area (Å²) >= 11 is 5.48. The summed E-state index contributed by atoms with van der Waals surface area (Å²) in [5.74, 6) is -0.154. The van der Waals surface area contributed by atoms with Crippen LogP contribution >= 0.6 is 11.6 Å². The summed E-state index contributed by atoms with van der Waals surface area (Å²) in [6.07, 6.45) is 0.557. The Labute approximate surface area is 89.3 Å². The molecular weight excluding hydrogens is 359 g/mol. The predicted molar refractivity (Wildman–Crippen MR) is 47.0 cm³/mol. The van der Waals surface area contributed by atoms with Crippen molar-refractivity contribution in [3.8, 4) is 5.75 Å². The number of phenolic OH excluding ortho intramolecular Hbond substituents is 1. The van der Waals surface area contributed by atoms with Gasteiger partial charge < -0.3 is 5.11 Å². The van der Waals surface area contributed by atoms with E-state index in [1.165, 1.54) is 12.1 Å². The van der Waals surface area contributed by atoms with Gasteiger partial charge in [0.1, 0.15) is 5.75 Å². The van der Waals surface area contributed by atoms with Crippen LogP contribution in [0.4, 0.5) is 0 Å². The second-order valence-corrected chi connectivity index (χ2v) is 2.20. The van der Waals surface area contributed by atoms with Crippen LogP contribution in [0.25, 0.3) is 0 Å². The van der Waals surface area contributed by atoms with E-state index in [1.54, 1.807) is 6.07 Å². The number of carbonyl (C=O) groups excluding carboxylic acids is 1. The fourth-order valence-corrected chi connectivity index (χ4v) is 0.809. The third-order valence-corrected chi connectivity index (χ3v) is 1.45. The van der Waals surface area contributed by atoms with Crippen molar-refractivity contribution in [1.82, 2.24) is 0 Å². The van der Waals surface area contributed by atoms with Crippen molar-refractivity contribution < 1.29 is 9.90 Å². The molecule has 0 fully saturated rings. The van der Waals surface area contributed by atoms with Gasteiger partial charge in [-0.3, -0.25) is 4.79 Å². The molecule has 1 rings (SSSR count). The first kappa shape index (κ1) is 10.9. The summed E-state index contributed by atoms with van der Waals surface area (Å²) in [5, 5.41) is 9.23. The fraction of sp³-hybridized carbons (Fsp3) is 0. The van der Waals surface area contributed by atoms with E-state index >= 15 is 0 Å². The summed E-state index contributed by atoms with van der Waals surface area (Å²) in [7, 11) is 0. The molecule has 0 bridgehead atoms. The predicted octanol–water partition coefficient (Wildman–Crippen LogP) is 0.942. The first-order valence-corrected chi connectivity index (χ1v) is 3.06. The summed E-state index contributed by atoms with van der Waals surface area (Å²) in [4.78, 5) is 10.2. The standard InChI is InChI=1S/C7H5ClO2.Pb.2H/c8-6-3-1-2-5(4-9)7(6)10;;;/h1-4,10H;;;. The number of hydrogen-bond donors (Lipinski definition) is 1. The van der Waals surface area contributed by atoms with E-state index < -0.39 is 0 Å². The normalized spacial score (nSPS) is 8.45. The molecule has 0 heterocycles. The molecule has 1 aromatic carbocycles. The summed E-state index contributed by atoms with van der Waals surface area (Å²) in [6.45, 7) is 0. The Balaban J connectivity index is 0.000001000. The van der Waals surface area contributed by atoms with Gasteiger partial charge in [0.25, 0.3) is 0 Å². The number of benzene rings is 1. The zero-order valence-electron chi connectivity index (χ0n) is 5.75. The molecule has 1 N–H and O–H groups in total. The molecule has 58 valence electrons. The average Bonchev–Trinajstić information content (AvgIpc) is 1.95. The fourth-order valence-electron chi connectivity index (χ4n) is 0.627. The Morgan fingerprint density at radius 1 is 1.45 bits per heavy atom. The number of phenols is 1.